The fourth-order valence-electron chi connectivity index (χ4n) is 2.07. The summed E-state index contributed by atoms with van der Waals surface area (Å²) >= 11 is 0. The zero-order valence-electron chi connectivity index (χ0n) is 11.6. The summed E-state index contributed by atoms with van der Waals surface area (Å²) in [5.41, 5.74) is 0. The summed E-state index contributed by atoms with van der Waals surface area (Å²) < 4.78 is 4.74. The van der Waals surface area contributed by atoms with Crippen LogP contribution in [0.1, 0.15) is 58.3 Å². The molecule has 5 heteroatoms. The average Bonchev–Trinajstić information content (AvgIpc) is 2.74. The summed E-state index contributed by atoms with van der Waals surface area (Å²) in [7, 11) is 0. The molecule has 5 nitrogen and oxygen atoms in total. The average molecular weight is 269 g/mol. The molecular formula is C14H23NO4. The second-order valence-electron chi connectivity index (χ2n) is 4.96. The minimum Gasteiger partial charge on any atom is -0.464 e. The molecule has 0 saturated carbocycles. The van der Waals surface area contributed by atoms with Crippen molar-refractivity contribution in [2.24, 2.45) is 0 Å². The van der Waals surface area contributed by atoms with Crippen molar-refractivity contribution in [1.82, 2.24) is 5.32 Å². The van der Waals surface area contributed by atoms with Gasteiger partial charge in [-0.3, -0.25) is 9.59 Å². The molecule has 0 aromatic heterocycles. The summed E-state index contributed by atoms with van der Waals surface area (Å²) in [6.45, 7) is 2.48. The van der Waals surface area contributed by atoms with Gasteiger partial charge in [0.15, 0.2) is 0 Å². The third-order valence-electron chi connectivity index (χ3n) is 3.19. The number of hydrogen-bond acceptors (Lipinski definition) is 4. The lowest BCUT2D eigenvalue weighted by molar-refractivity contribution is -0.142. The summed E-state index contributed by atoms with van der Waals surface area (Å²) in [5.74, 6) is -0.830. The lowest BCUT2D eigenvalue weighted by atomic mass is 10.1. The molecule has 108 valence electrons. The fourth-order valence-corrected chi connectivity index (χ4v) is 2.07. The van der Waals surface area contributed by atoms with E-state index in [1.165, 1.54) is 12.8 Å². The molecular weight excluding hydrogens is 246 g/mol. The molecule has 1 rings (SSSR count). The molecule has 0 aromatic carbocycles. The first-order valence-corrected chi connectivity index (χ1v) is 7.11. The smallest absolute Gasteiger partial charge is 0.328 e. The minimum atomic E-state index is -0.565. The minimum absolute atomic E-state index is 0.0552. The second-order valence-corrected chi connectivity index (χ2v) is 4.96. The SMILES string of the molecule is CCCCCCCC(=O)CC(=O)N[C@H]1CCOC1=O. The first kappa shape index (κ1) is 15.7. The number of Topliss-reactive ketones (excluding diaryl/α,β-unsaturated/α-hetero) is 1. The van der Waals surface area contributed by atoms with Crippen LogP contribution in [0, 0.1) is 0 Å². The van der Waals surface area contributed by atoms with Gasteiger partial charge < -0.3 is 10.1 Å². The highest BCUT2D eigenvalue weighted by atomic mass is 16.5. The number of ether oxygens (including phenoxy) is 1. The van der Waals surface area contributed by atoms with Crippen LogP contribution in [0.15, 0.2) is 0 Å². The van der Waals surface area contributed by atoms with Gasteiger partial charge in [-0.2, -0.15) is 0 Å². The van der Waals surface area contributed by atoms with E-state index in [0.29, 0.717) is 19.4 Å². The lowest BCUT2D eigenvalue weighted by Crippen LogP contribution is -2.38. The quantitative estimate of drug-likeness (QED) is 0.393. The van der Waals surface area contributed by atoms with Crippen LogP contribution in [-0.2, 0) is 19.1 Å². The van der Waals surface area contributed by atoms with Crippen LogP contribution in [-0.4, -0.2) is 30.3 Å². The van der Waals surface area contributed by atoms with Crippen molar-refractivity contribution in [3.63, 3.8) is 0 Å². The number of rotatable bonds is 9. The van der Waals surface area contributed by atoms with Gasteiger partial charge in [0.25, 0.3) is 0 Å². The number of unbranched alkanes of at least 4 members (excludes halogenated alkanes) is 4. The summed E-state index contributed by atoms with van der Waals surface area (Å²) in [6, 6.07) is -0.565. The highest BCUT2D eigenvalue weighted by molar-refractivity contribution is 5.99. The zero-order chi connectivity index (χ0) is 14.1. The van der Waals surface area contributed by atoms with Gasteiger partial charge in [0.2, 0.25) is 5.91 Å². The standard InChI is InChI=1S/C14H23NO4/c1-2-3-4-5-6-7-11(16)10-13(17)15-12-8-9-19-14(12)18/h12H,2-10H2,1H3,(H,15,17)/t12-/m0/s1. The van der Waals surface area contributed by atoms with Crippen molar-refractivity contribution in [2.75, 3.05) is 6.61 Å². The van der Waals surface area contributed by atoms with Gasteiger partial charge in [-0.1, -0.05) is 32.6 Å². The largest absolute Gasteiger partial charge is 0.464 e. The van der Waals surface area contributed by atoms with Gasteiger partial charge in [-0.15, -0.1) is 0 Å². The molecule has 1 saturated heterocycles. The van der Waals surface area contributed by atoms with Crippen LogP contribution in [0.4, 0.5) is 0 Å². The maximum atomic E-state index is 11.6. The number of carbonyl (C=O) groups excluding carboxylic acids is 3. The topological polar surface area (TPSA) is 72.5 Å². The predicted molar refractivity (Wildman–Crippen MR) is 70.5 cm³/mol. The Bertz CT molecular complexity index is 327. The monoisotopic (exact) mass is 269 g/mol. The normalized spacial score (nSPS) is 18.2. The Kier molecular flexibility index (Phi) is 7.15. The van der Waals surface area contributed by atoms with Gasteiger partial charge >= 0.3 is 5.97 Å². The molecule has 0 aromatic rings. The van der Waals surface area contributed by atoms with Crippen molar-refractivity contribution in [3.05, 3.63) is 0 Å². The fraction of sp³-hybridized carbons (Fsp3) is 0.786. The first-order chi connectivity index (χ1) is 9.13. The van der Waals surface area contributed by atoms with E-state index in [4.69, 9.17) is 4.74 Å². The summed E-state index contributed by atoms with van der Waals surface area (Å²) in [6.07, 6.45) is 6.21. The highest BCUT2D eigenvalue weighted by Crippen LogP contribution is 2.08. The van der Waals surface area contributed by atoms with Gasteiger partial charge in [0.1, 0.15) is 11.8 Å². The van der Waals surface area contributed by atoms with E-state index >= 15 is 0 Å². The van der Waals surface area contributed by atoms with Crippen molar-refractivity contribution >= 4 is 17.7 Å². The molecule has 0 unspecified atom stereocenters. The summed E-state index contributed by atoms with van der Waals surface area (Å²) in [5, 5.41) is 2.54. The number of cyclic esters (lactones) is 1. The van der Waals surface area contributed by atoms with Gasteiger partial charge in [0.05, 0.1) is 13.0 Å². The Labute approximate surface area is 114 Å². The Hall–Kier alpha value is -1.39. The molecule has 1 heterocycles. The molecule has 1 atom stereocenters. The lowest BCUT2D eigenvalue weighted by Gasteiger charge is -2.08. The van der Waals surface area contributed by atoms with Crippen LogP contribution in [0.3, 0.4) is 0 Å². The van der Waals surface area contributed by atoms with E-state index in [2.05, 4.69) is 12.2 Å². The van der Waals surface area contributed by atoms with E-state index in [1.807, 2.05) is 0 Å². The van der Waals surface area contributed by atoms with E-state index in [9.17, 15) is 14.4 Å². The van der Waals surface area contributed by atoms with Crippen LogP contribution < -0.4 is 5.32 Å². The zero-order valence-corrected chi connectivity index (χ0v) is 11.6. The van der Waals surface area contributed by atoms with Crippen LogP contribution >= 0.6 is 0 Å². The predicted octanol–water partition coefficient (Wildman–Crippen LogP) is 1.74. The molecule has 1 N–H and O–H groups in total. The Morgan fingerprint density at radius 1 is 1.26 bits per heavy atom. The molecule has 1 amide bonds. The summed E-state index contributed by atoms with van der Waals surface area (Å²) in [4.78, 5) is 34.3. The highest BCUT2D eigenvalue weighted by Gasteiger charge is 2.28. The van der Waals surface area contributed by atoms with E-state index in [0.717, 1.165) is 19.3 Å². The molecule has 19 heavy (non-hydrogen) atoms. The number of esters is 1. The molecule has 0 radical (unpaired) electrons. The van der Waals surface area contributed by atoms with Gasteiger partial charge in [0, 0.05) is 12.8 Å². The Balaban J connectivity index is 2.10. The van der Waals surface area contributed by atoms with Crippen LogP contribution in [0.5, 0.6) is 0 Å². The maximum absolute atomic E-state index is 11.6. The molecule has 1 aliphatic rings. The van der Waals surface area contributed by atoms with Crippen molar-refractivity contribution in [3.8, 4) is 0 Å². The number of carbonyl (C=O) groups is 3. The van der Waals surface area contributed by atoms with Crippen molar-refractivity contribution in [1.29, 1.82) is 0 Å². The maximum Gasteiger partial charge on any atom is 0.328 e. The van der Waals surface area contributed by atoms with E-state index < -0.39 is 12.0 Å². The Morgan fingerprint density at radius 3 is 2.63 bits per heavy atom. The number of nitrogens with one attached hydrogen (secondary N) is 1. The van der Waals surface area contributed by atoms with Crippen LogP contribution in [0.2, 0.25) is 0 Å². The molecule has 0 spiro atoms. The van der Waals surface area contributed by atoms with Crippen molar-refractivity contribution < 1.29 is 19.1 Å². The number of ketones is 1. The third-order valence-corrected chi connectivity index (χ3v) is 3.19. The third kappa shape index (κ3) is 6.36. The molecule has 0 bridgehead atoms. The second kappa shape index (κ2) is 8.67. The van der Waals surface area contributed by atoms with Crippen LogP contribution in [0.25, 0.3) is 0 Å². The molecule has 1 aliphatic heterocycles. The molecule has 1 fully saturated rings. The first-order valence-electron chi connectivity index (χ1n) is 7.11. The number of hydrogen-bond donors (Lipinski definition) is 1. The Morgan fingerprint density at radius 2 is 2.00 bits per heavy atom. The van der Waals surface area contributed by atoms with Gasteiger partial charge in [-0.05, 0) is 6.42 Å². The van der Waals surface area contributed by atoms with Gasteiger partial charge in [-0.25, -0.2) is 4.79 Å². The molecule has 0 aliphatic carbocycles. The van der Waals surface area contributed by atoms with Crippen molar-refractivity contribution in [2.45, 2.75) is 64.3 Å². The van der Waals surface area contributed by atoms with E-state index in [-0.39, 0.29) is 18.1 Å². The number of amides is 1. The van der Waals surface area contributed by atoms with E-state index in [1.54, 1.807) is 0 Å².